The number of aliphatic hydroxyl groups is 1. The van der Waals surface area contributed by atoms with Crippen molar-refractivity contribution < 1.29 is 77.0 Å². The predicted octanol–water partition coefficient (Wildman–Crippen LogP) is -2.07. The van der Waals surface area contributed by atoms with Crippen LogP contribution in [0.25, 0.3) is 0 Å². The molecule has 0 aliphatic heterocycles. The number of aliphatic carboxylic acids is 3. The Kier molecular flexibility index (Phi) is 15.3. The monoisotopic (exact) mass is 377 g/mol. The maximum absolute atomic E-state index is 10.3. The molecule has 0 aromatic rings. The van der Waals surface area contributed by atoms with Crippen LogP contribution in [0.2, 0.25) is 0 Å². The van der Waals surface area contributed by atoms with E-state index in [1.54, 1.807) is 0 Å². The van der Waals surface area contributed by atoms with Crippen molar-refractivity contribution in [3.05, 3.63) is 0 Å². The normalized spacial score (nSPS) is 10.3. The summed E-state index contributed by atoms with van der Waals surface area (Å²) in [5.41, 5.74) is -2.74. The van der Waals surface area contributed by atoms with Crippen molar-refractivity contribution in [1.82, 2.24) is 0 Å². The molecule has 0 bridgehead atoms. The first-order valence-electron chi connectivity index (χ1n) is 3.57. The standard InChI is InChI=1S/C6H8O7.3ClH.Fe.Na.H/c7-3(8)1-6(13,5(11)12)2-4(9)10;;;;;;/h13H,1-2H2,(H,7,8)(H,9,10)(H,11,12);3*1H;;;/q;;;;+3;+1;-1/p-3. The van der Waals surface area contributed by atoms with Crippen LogP contribution in [0, 0.1) is 0 Å². The molecule has 105 valence electrons. The smallest absolute Gasteiger partial charge is 1.00 e. The van der Waals surface area contributed by atoms with Crippen molar-refractivity contribution >= 4 is 48.2 Å². The van der Waals surface area contributed by atoms with E-state index in [0.717, 1.165) is 0 Å². The Hall–Kier alpha value is 0.759. The molecule has 0 fully saturated rings. The van der Waals surface area contributed by atoms with Crippen molar-refractivity contribution in [3.8, 4) is 0 Å². The third kappa shape index (κ3) is 14.8. The van der Waals surface area contributed by atoms with E-state index in [1.807, 2.05) is 0 Å². The number of carboxylic acid groups (broad SMARTS) is 3. The summed E-state index contributed by atoms with van der Waals surface area (Å²) in [4.78, 5) is 30.5. The van der Waals surface area contributed by atoms with Gasteiger partial charge < -0.3 is 21.9 Å². The van der Waals surface area contributed by atoms with Crippen LogP contribution in [0.1, 0.15) is 14.3 Å². The third-order valence-electron chi connectivity index (χ3n) is 1.29. The van der Waals surface area contributed by atoms with Gasteiger partial charge in [-0.15, -0.1) is 0 Å². The van der Waals surface area contributed by atoms with E-state index in [1.165, 1.54) is 0 Å². The van der Waals surface area contributed by atoms with Crippen LogP contribution in [-0.4, -0.2) is 43.9 Å². The van der Waals surface area contributed by atoms with Gasteiger partial charge in [0.25, 0.3) is 0 Å². The van der Waals surface area contributed by atoms with E-state index < -0.39 is 47.5 Å². The number of carboxylic acids is 3. The van der Waals surface area contributed by atoms with Gasteiger partial charge >= 0.3 is 88.9 Å². The Morgan fingerprint density at radius 2 is 1.22 bits per heavy atom. The van der Waals surface area contributed by atoms with Gasteiger partial charge in [-0.25, -0.2) is 4.79 Å². The third-order valence-corrected chi connectivity index (χ3v) is 1.29. The van der Waals surface area contributed by atoms with Crippen LogP contribution >= 0.6 is 30.3 Å². The van der Waals surface area contributed by atoms with Gasteiger partial charge in [0.2, 0.25) is 0 Å². The summed E-state index contributed by atoms with van der Waals surface area (Å²) in [5, 5.41) is 33.8. The van der Waals surface area contributed by atoms with Crippen molar-refractivity contribution in [2.75, 3.05) is 0 Å². The number of hydrogen-bond donors (Lipinski definition) is 4. The average molecular weight is 378 g/mol. The van der Waals surface area contributed by atoms with E-state index in [2.05, 4.69) is 0 Å². The minimum atomic E-state index is -2.74. The molecule has 0 spiro atoms. The molecule has 0 aliphatic rings. The van der Waals surface area contributed by atoms with E-state index in [-0.39, 0.29) is 31.0 Å². The summed E-state index contributed by atoms with van der Waals surface area (Å²) in [7, 11) is 14.7. The molecule has 0 aliphatic carbocycles. The SMILES string of the molecule is O=C(O)CC(O)(CC(=O)O)C(=O)O.[Cl][Fe]([Cl])[Cl].[H-].[Na+]. The number of hydrogen-bond acceptors (Lipinski definition) is 4. The first-order chi connectivity index (χ1) is 7.51. The quantitative estimate of drug-likeness (QED) is 0.404. The van der Waals surface area contributed by atoms with Crippen LogP contribution in [0.4, 0.5) is 0 Å². The van der Waals surface area contributed by atoms with Crippen molar-refractivity contribution in [1.29, 1.82) is 0 Å². The Morgan fingerprint density at radius 3 is 1.33 bits per heavy atom. The van der Waals surface area contributed by atoms with Gasteiger partial charge in [-0.2, -0.15) is 0 Å². The maximum atomic E-state index is 10.3. The molecular formula is C6H9Cl3FeNaO7. The molecule has 0 unspecified atom stereocenters. The first kappa shape index (κ1) is 23.8. The molecule has 0 saturated heterocycles. The topological polar surface area (TPSA) is 132 Å². The zero-order chi connectivity index (χ0) is 14.2. The zero-order valence-electron chi connectivity index (χ0n) is 9.92. The van der Waals surface area contributed by atoms with Gasteiger partial charge in [0.15, 0.2) is 5.60 Å². The molecule has 4 N–H and O–H groups in total. The van der Waals surface area contributed by atoms with E-state index in [4.69, 9.17) is 50.7 Å². The van der Waals surface area contributed by atoms with Gasteiger partial charge in [0.1, 0.15) is 0 Å². The van der Waals surface area contributed by atoms with E-state index >= 15 is 0 Å². The molecule has 0 saturated carbocycles. The molecule has 0 radical (unpaired) electrons. The minimum absolute atomic E-state index is 0. The first-order valence-corrected chi connectivity index (χ1v) is 8.13. The predicted molar refractivity (Wildman–Crippen MR) is 55.8 cm³/mol. The molecule has 7 nitrogen and oxygen atoms in total. The minimum Gasteiger partial charge on any atom is -1.00 e. The fourth-order valence-corrected chi connectivity index (χ4v) is 0.714. The average Bonchev–Trinajstić information content (AvgIpc) is 1.98. The van der Waals surface area contributed by atoms with Crippen molar-refractivity contribution in [2.45, 2.75) is 18.4 Å². The summed E-state index contributed by atoms with van der Waals surface area (Å²) in [6.45, 7) is 0. The molecule has 0 aromatic carbocycles. The fraction of sp³-hybridized carbons (Fsp3) is 0.500. The number of rotatable bonds is 5. The second kappa shape index (κ2) is 11.6. The van der Waals surface area contributed by atoms with Crippen LogP contribution in [0.15, 0.2) is 0 Å². The van der Waals surface area contributed by atoms with E-state index in [0.29, 0.717) is 0 Å². The largest absolute Gasteiger partial charge is 1.00 e. The van der Waals surface area contributed by atoms with Gasteiger partial charge in [-0.05, 0) is 0 Å². The molecule has 0 atom stereocenters. The molecule has 0 rings (SSSR count). The van der Waals surface area contributed by atoms with Gasteiger partial charge in [-0.3, -0.25) is 9.59 Å². The molecule has 0 aromatic heterocycles. The zero-order valence-corrected chi connectivity index (χ0v) is 14.3. The van der Waals surface area contributed by atoms with Gasteiger partial charge in [0.05, 0.1) is 12.8 Å². The van der Waals surface area contributed by atoms with E-state index in [9.17, 15) is 14.4 Å². The van der Waals surface area contributed by atoms with Crippen LogP contribution in [-0.2, 0) is 25.5 Å². The summed E-state index contributed by atoms with van der Waals surface area (Å²) in [6.07, 6.45) is -2.29. The summed E-state index contributed by atoms with van der Waals surface area (Å²) >= 11 is -1.33. The second-order valence-corrected chi connectivity index (χ2v) is 8.10. The van der Waals surface area contributed by atoms with Crippen LogP contribution < -0.4 is 29.6 Å². The van der Waals surface area contributed by atoms with Crippen molar-refractivity contribution in [2.24, 2.45) is 0 Å². The Bertz CT molecular complexity index is 288. The number of carbonyl (C=O) groups is 3. The molecule has 18 heavy (non-hydrogen) atoms. The Morgan fingerprint density at radius 1 is 1.00 bits per heavy atom. The molecular weight excluding hydrogens is 369 g/mol. The molecule has 12 heteroatoms. The number of halogens is 3. The van der Waals surface area contributed by atoms with Crippen LogP contribution in [0.5, 0.6) is 0 Å². The summed E-state index contributed by atoms with van der Waals surface area (Å²) in [5.74, 6) is -5.02. The van der Waals surface area contributed by atoms with Gasteiger partial charge in [-0.1, -0.05) is 0 Å². The van der Waals surface area contributed by atoms with Crippen molar-refractivity contribution in [3.63, 3.8) is 0 Å². The molecule has 0 heterocycles. The maximum Gasteiger partial charge on any atom is 1.00 e. The van der Waals surface area contributed by atoms with Crippen LogP contribution in [0.3, 0.4) is 0 Å². The summed E-state index contributed by atoms with van der Waals surface area (Å²) < 4.78 is 0. The second-order valence-electron chi connectivity index (χ2n) is 2.63. The Balaban J connectivity index is -0.000000165. The Labute approximate surface area is 142 Å². The summed E-state index contributed by atoms with van der Waals surface area (Å²) in [6, 6.07) is 0. The van der Waals surface area contributed by atoms with Gasteiger partial charge in [0, 0.05) is 0 Å². The fourth-order valence-electron chi connectivity index (χ4n) is 0.714. The molecule has 0 amide bonds.